The Morgan fingerprint density at radius 2 is 1.75 bits per heavy atom. The molecule has 0 unspecified atom stereocenters. The molecule has 2 aromatic carbocycles. The molecular formula is C18H17N3O3. The topological polar surface area (TPSA) is 77.2 Å². The molecule has 1 N–H and O–H groups in total. The highest BCUT2D eigenvalue weighted by Crippen LogP contribution is 2.15. The van der Waals surface area contributed by atoms with Gasteiger partial charge < -0.3 is 4.52 Å². The predicted molar refractivity (Wildman–Crippen MR) is 87.4 cm³/mol. The van der Waals surface area contributed by atoms with Crippen LogP contribution >= 0.6 is 0 Å². The molecule has 0 radical (unpaired) electrons. The third-order valence-corrected chi connectivity index (χ3v) is 3.33. The van der Waals surface area contributed by atoms with Gasteiger partial charge in [0.15, 0.2) is 0 Å². The van der Waals surface area contributed by atoms with Gasteiger partial charge in [-0.3, -0.25) is 9.63 Å². The molecule has 0 aliphatic carbocycles. The summed E-state index contributed by atoms with van der Waals surface area (Å²) in [6.45, 7) is 0.325. The summed E-state index contributed by atoms with van der Waals surface area (Å²) in [5.74, 6) is 0.712. The zero-order valence-electron chi connectivity index (χ0n) is 13.0. The second kappa shape index (κ2) is 8.03. The van der Waals surface area contributed by atoms with Gasteiger partial charge in [-0.1, -0.05) is 65.8 Å². The summed E-state index contributed by atoms with van der Waals surface area (Å²) in [5, 5.41) is 3.92. The highest BCUT2D eigenvalue weighted by Gasteiger charge is 2.10. The molecule has 6 nitrogen and oxygen atoms in total. The predicted octanol–water partition coefficient (Wildman–Crippen LogP) is 2.92. The number of carbonyl (C=O) groups excluding carboxylic acids is 1. The van der Waals surface area contributed by atoms with Crippen LogP contribution in [0.5, 0.6) is 0 Å². The smallest absolute Gasteiger partial charge is 0.244 e. The first-order valence-electron chi connectivity index (χ1n) is 7.64. The average molecular weight is 323 g/mol. The van der Waals surface area contributed by atoms with Crippen molar-refractivity contribution in [2.24, 2.45) is 0 Å². The molecule has 0 spiro atoms. The fraction of sp³-hybridized carbons (Fsp3) is 0.167. The minimum Gasteiger partial charge on any atom is -0.339 e. The van der Waals surface area contributed by atoms with E-state index in [1.165, 1.54) is 0 Å². The number of rotatable bonds is 7. The van der Waals surface area contributed by atoms with Crippen LogP contribution in [-0.2, 0) is 22.7 Å². The summed E-state index contributed by atoms with van der Waals surface area (Å²) in [6, 6.07) is 19.1. The summed E-state index contributed by atoms with van der Waals surface area (Å²) in [6.07, 6.45) is 0.575. The molecule has 1 amide bonds. The van der Waals surface area contributed by atoms with Gasteiger partial charge in [0.25, 0.3) is 0 Å². The Morgan fingerprint density at radius 1 is 1.04 bits per heavy atom. The van der Waals surface area contributed by atoms with E-state index >= 15 is 0 Å². The molecule has 0 aliphatic rings. The second-order valence-electron chi connectivity index (χ2n) is 5.18. The maximum atomic E-state index is 11.8. The van der Waals surface area contributed by atoms with Gasteiger partial charge in [-0.15, -0.1) is 0 Å². The first kappa shape index (κ1) is 15.9. The molecule has 0 saturated carbocycles. The van der Waals surface area contributed by atoms with Crippen molar-refractivity contribution >= 4 is 5.91 Å². The summed E-state index contributed by atoms with van der Waals surface area (Å²) >= 11 is 0. The molecular weight excluding hydrogens is 306 g/mol. The van der Waals surface area contributed by atoms with Crippen LogP contribution in [0.2, 0.25) is 0 Å². The van der Waals surface area contributed by atoms with Crippen LogP contribution in [0.1, 0.15) is 17.9 Å². The van der Waals surface area contributed by atoms with Gasteiger partial charge in [0.1, 0.15) is 0 Å². The average Bonchev–Trinajstić information content (AvgIpc) is 3.11. The van der Waals surface area contributed by atoms with E-state index in [2.05, 4.69) is 15.6 Å². The highest BCUT2D eigenvalue weighted by molar-refractivity contribution is 5.74. The van der Waals surface area contributed by atoms with E-state index in [9.17, 15) is 4.79 Å². The Labute approximate surface area is 139 Å². The molecule has 24 heavy (non-hydrogen) atoms. The Bertz CT molecular complexity index is 772. The van der Waals surface area contributed by atoms with Gasteiger partial charge in [0.2, 0.25) is 17.6 Å². The highest BCUT2D eigenvalue weighted by atomic mass is 16.6. The number of carbonyl (C=O) groups is 1. The summed E-state index contributed by atoms with van der Waals surface area (Å²) in [7, 11) is 0. The summed E-state index contributed by atoms with van der Waals surface area (Å²) in [4.78, 5) is 21.2. The van der Waals surface area contributed by atoms with Crippen molar-refractivity contribution in [1.82, 2.24) is 15.6 Å². The van der Waals surface area contributed by atoms with E-state index in [0.29, 0.717) is 24.7 Å². The van der Waals surface area contributed by atoms with Gasteiger partial charge in [0.05, 0.1) is 6.61 Å². The lowest BCUT2D eigenvalue weighted by atomic mass is 10.2. The second-order valence-corrected chi connectivity index (χ2v) is 5.18. The molecule has 0 fully saturated rings. The zero-order valence-corrected chi connectivity index (χ0v) is 13.0. The number of hydroxylamine groups is 1. The van der Waals surface area contributed by atoms with Crippen LogP contribution in [-0.4, -0.2) is 16.0 Å². The summed E-state index contributed by atoms with van der Waals surface area (Å²) in [5.41, 5.74) is 4.28. The van der Waals surface area contributed by atoms with Crippen molar-refractivity contribution in [3.63, 3.8) is 0 Å². The molecule has 6 heteroatoms. The Hall–Kier alpha value is -2.99. The Balaban J connectivity index is 1.42. The number of hydrogen-bond acceptors (Lipinski definition) is 5. The fourth-order valence-corrected chi connectivity index (χ4v) is 2.11. The zero-order chi connectivity index (χ0) is 16.6. The number of hydrogen-bond donors (Lipinski definition) is 1. The molecule has 0 aliphatic heterocycles. The van der Waals surface area contributed by atoms with Crippen LogP contribution < -0.4 is 5.48 Å². The van der Waals surface area contributed by atoms with E-state index in [1.807, 2.05) is 60.7 Å². The van der Waals surface area contributed by atoms with Gasteiger partial charge in [-0.05, 0) is 5.56 Å². The van der Waals surface area contributed by atoms with Gasteiger partial charge >= 0.3 is 0 Å². The monoisotopic (exact) mass is 323 g/mol. The van der Waals surface area contributed by atoms with Crippen molar-refractivity contribution in [3.8, 4) is 11.4 Å². The standard InChI is InChI=1S/C18H17N3O3/c22-16(20-23-13-14-7-3-1-4-8-14)11-12-17-19-18(21-24-17)15-9-5-2-6-10-15/h1-10H,11-13H2,(H,20,22). The lowest BCUT2D eigenvalue weighted by Gasteiger charge is -2.04. The molecule has 3 aromatic rings. The van der Waals surface area contributed by atoms with Crippen LogP contribution in [0, 0.1) is 0 Å². The number of benzene rings is 2. The van der Waals surface area contributed by atoms with Crippen molar-refractivity contribution < 1.29 is 14.2 Å². The van der Waals surface area contributed by atoms with Crippen molar-refractivity contribution in [2.45, 2.75) is 19.4 Å². The largest absolute Gasteiger partial charge is 0.339 e. The first-order chi connectivity index (χ1) is 11.8. The third kappa shape index (κ3) is 4.50. The fourth-order valence-electron chi connectivity index (χ4n) is 2.11. The number of amides is 1. The number of aryl methyl sites for hydroxylation is 1. The molecule has 3 rings (SSSR count). The van der Waals surface area contributed by atoms with Crippen molar-refractivity contribution in [1.29, 1.82) is 0 Å². The number of nitrogens with one attached hydrogen (secondary N) is 1. The first-order valence-corrected chi connectivity index (χ1v) is 7.64. The van der Waals surface area contributed by atoms with E-state index in [1.54, 1.807) is 0 Å². The van der Waals surface area contributed by atoms with Crippen LogP contribution in [0.3, 0.4) is 0 Å². The maximum Gasteiger partial charge on any atom is 0.244 e. The quantitative estimate of drug-likeness (QED) is 0.677. The number of nitrogens with zero attached hydrogens (tertiary/aromatic N) is 2. The Morgan fingerprint density at radius 3 is 2.50 bits per heavy atom. The lowest BCUT2D eigenvalue weighted by Crippen LogP contribution is -2.23. The third-order valence-electron chi connectivity index (χ3n) is 3.33. The maximum absolute atomic E-state index is 11.8. The minimum absolute atomic E-state index is 0.214. The van der Waals surface area contributed by atoms with Gasteiger partial charge in [-0.2, -0.15) is 4.98 Å². The van der Waals surface area contributed by atoms with Gasteiger partial charge in [0, 0.05) is 18.4 Å². The van der Waals surface area contributed by atoms with E-state index < -0.39 is 0 Å². The van der Waals surface area contributed by atoms with Crippen molar-refractivity contribution in [2.75, 3.05) is 0 Å². The molecule has 0 bridgehead atoms. The van der Waals surface area contributed by atoms with E-state index in [0.717, 1.165) is 11.1 Å². The minimum atomic E-state index is -0.231. The molecule has 1 heterocycles. The SMILES string of the molecule is O=C(CCc1nc(-c2ccccc2)no1)NOCc1ccccc1. The van der Waals surface area contributed by atoms with E-state index in [-0.39, 0.29) is 12.3 Å². The Kier molecular flexibility index (Phi) is 5.32. The number of aromatic nitrogens is 2. The van der Waals surface area contributed by atoms with Crippen molar-refractivity contribution in [3.05, 3.63) is 72.1 Å². The molecule has 122 valence electrons. The molecule has 1 aromatic heterocycles. The molecule has 0 atom stereocenters. The van der Waals surface area contributed by atoms with Crippen LogP contribution in [0.15, 0.2) is 65.2 Å². The van der Waals surface area contributed by atoms with Crippen LogP contribution in [0.4, 0.5) is 0 Å². The van der Waals surface area contributed by atoms with Crippen LogP contribution in [0.25, 0.3) is 11.4 Å². The lowest BCUT2D eigenvalue weighted by molar-refractivity contribution is -0.134. The van der Waals surface area contributed by atoms with Gasteiger partial charge in [-0.25, -0.2) is 5.48 Å². The van der Waals surface area contributed by atoms with E-state index in [4.69, 9.17) is 9.36 Å². The molecule has 0 saturated heterocycles. The normalized spacial score (nSPS) is 10.5. The summed E-state index contributed by atoms with van der Waals surface area (Å²) < 4.78 is 5.16.